The van der Waals surface area contributed by atoms with E-state index in [0.717, 1.165) is 30.7 Å². The molecule has 1 aromatic carbocycles. The van der Waals surface area contributed by atoms with Gasteiger partial charge >= 0.3 is 0 Å². The first-order valence-electron chi connectivity index (χ1n) is 10.8. The Morgan fingerprint density at radius 3 is 2.65 bits per heavy atom. The topological polar surface area (TPSA) is 40.6 Å². The third kappa shape index (κ3) is 5.63. The van der Waals surface area contributed by atoms with E-state index in [1.807, 2.05) is 45.5 Å². The molecule has 1 aliphatic rings. The van der Waals surface area contributed by atoms with Crippen LogP contribution < -0.4 is 0 Å². The first kappa shape index (κ1) is 21.8. The summed E-state index contributed by atoms with van der Waals surface area (Å²) in [5.41, 5.74) is 1.24. The summed E-state index contributed by atoms with van der Waals surface area (Å²) < 4.78 is 0. The fourth-order valence-corrected chi connectivity index (χ4v) is 5.71. The van der Waals surface area contributed by atoms with Crippen molar-refractivity contribution in [2.45, 2.75) is 32.7 Å². The van der Waals surface area contributed by atoms with Gasteiger partial charge in [0.05, 0.1) is 17.3 Å². The number of rotatable bonds is 7. The molecule has 4 rings (SSSR count). The summed E-state index contributed by atoms with van der Waals surface area (Å²) in [5.74, 6) is 0.0948. The Kier molecular flexibility index (Phi) is 7.20. The van der Waals surface area contributed by atoms with E-state index >= 15 is 0 Å². The van der Waals surface area contributed by atoms with Crippen LogP contribution in [0.25, 0.3) is 0 Å². The van der Waals surface area contributed by atoms with Crippen LogP contribution in [0.1, 0.15) is 37.8 Å². The van der Waals surface area contributed by atoms with Crippen molar-refractivity contribution in [1.82, 2.24) is 9.80 Å². The minimum atomic E-state index is -0.130. The lowest BCUT2D eigenvalue weighted by atomic mass is 9.96. The molecule has 3 heterocycles. The summed E-state index contributed by atoms with van der Waals surface area (Å²) in [7, 11) is 0. The molecule has 1 saturated heterocycles. The molecule has 6 heteroatoms. The van der Waals surface area contributed by atoms with Gasteiger partial charge in [0.1, 0.15) is 0 Å². The van der Waals surface area contributed by atoms with Gasteiger partial charge in [-0.2, -0.15) is 0 Å². The van der Waals surface area contributed by atoms with E-state index in [0.29, 0.717) is 19.6 Å². The fraction of sp³-hybridized carbons (Fsp3) is 0.360. The Bertz CT molecular complexity index is 998. The van der Waals surface area contributed by atoms with Crippen LogP contribution >= 0.6 is 22.7 Å². The molecule has 0 radical (unpaired) electrons. The van der Waals surface area contributed by atoms with Crippen LogP contribution in [0.3, 0.4) is 0 Å². The van der Waals surface area contributed by atoms with Crippen molar-refractivity contribution in [2.75, 3.05) is 19.6 Å². The molecule has 1 fully saturated rings. The summed E-state index contributed by atoms with van der Waals surface area (Å²) >= 11 is 3.21. The van der Waals surface area contributed by atoms with Crippen molar-refractivity contribution in [1.29, 1.82) is 0 Å². The molecule has 1 aliphatic heterocycles. The number of nitrogens with zero attached hydrogens (tertiary/aromatic N) is 2. The maximum Gasteiger partial charge on any atom is 0.263 e. The van der Waals surface area contributed by atoms with Gasteiger partial charge in [0.2, 0.25) is 5.91 Å². The summed E-state index contributed by atoms with van der Waals surface area (Å²) in [6.07, 6.45) is 2.55. The van der Waals surface area contributed by atoms with E-state index in [-0.39, 0.29) is 17.7 Å². The van der Waals surface area contributed by atoms with Crippen LogP contribution in [-0.2, 0) is 17.8 Å². The van der Waals surface area contributed by atoms with Gasteiger partial charge in [-0.3, -0.25) is 9.59 Å². The zero-order valence-corrected chi connectivity index (χ0v) is 19.5. The van der Waals surface area contributed by atoms with Crippen molar-refractivity contribution in [3.8, 4) is 0 Å². The van der Waals surface area contributed by atoms with Crippen molar-refractivity contribution in [2.24, 2.45) is 5.92 Å². The van der Waals surface area contributed by atoms with E-state index in [1.54, 1.807) is 11.3 Å². The Labute approximate surface area is 192 Å². The lowest BCUT2D eigenvalue weighted by molar-refractivity contribution is -0.137. The number of amides is 2. The van der Waals surface area contributed by atoms with Crippen LogP contribution in [0, 0.1) is 12.8 Å². The molecular formula is C25H28N2O2S2. The Morgan fingerprint density at radius 2 is 1.94 bits per heavy atom. The van der Waals surface area contributed by atoms with Crippen LogP contribution in [0.5, 0.6) is 0 Å². The number of thiophene rings is 2. The number of hydrogen-bond acceptors (Lipinski definition) is 4. The molecule has 1 unspecified atom stereocenters. The summed E-state index contributed by atoms with van der Waals surface area (Å²) in [5, 5.41) is 1.92. The van der Waals surface area contributed by atoms with Gasteiger partial charge < -0.3 is 9.80 Å². The molecule has 2 amide bonds. The van der Waals surface area contributed by atoms with Gasteiger partial charge in [-0.05, 0) is 55.3 Å². The fourth-order valence-electron chi connectivity index (χ4n) is 4.11. The minimum absolute atomic E-state index is 0.0530. The Morgan fingerprint density at radius 1 is 1.10 bits per heavy atom. The SMILES string of the molecule is Cc1ccc(CN(CCc2ccccc2)C(=O)C2CCCN(C(=O)c3cccs3)C2)s1. The van der Waals surface area contributed by atoms with E-state index < -0.39 is 0 Å². The minimum Gasteiger partial charge on any atom is -0.337 e. The molecule has 2 aromatic heterocycles. The zero-order chi connectivity index (χ0) is 21.6. The van der Waals surface area contributed by atoms with Crippen molar-refractivity contribution in [3.05, 3.63) is 80.2 Å². The van der Waals surface area contributed by atoms with Crippen molar-refractivity contribution >= 4 is 34.5 Å². The second kappa shape index (κ2) is 10.2. The lowest BCUT2D eigenvalue weighted by Gasteiger charge is -2.35. The number of hydrogen-bond donors (Lipinski definition) is 0. The molecule has 0 N–H and O–H groups in total. The average molecular weight is 453 g/mol. The van der Waals surface area contributed by atoms with Gasteiger partial charge in [0.25, 0.3) is 5.91 Å². The average Bonchev–Trinajstić information content (AvgIpc) is 3.48. The highest BCUT2D eigenvalue weighted by atomic mass is 32.1. The number of piperidine rings is 1. The monoisotopic (exact) mass is 452 g/mol. The second-order valence-corrected chi connectivity index (χ2v) is 10.4. The van der Waals surface area contributed by atoms with Crippen LogP contribution in [0.15, 0.2) is 60.0 Å². The molecule has 0 saturated carbocycles. The molecule has 1 atom stereocenters. The Hall–Kier alpha value is -2.44. The van der Waals surface area contributed by atoms with Crippen LogP contribution in [0.4, 0.5) is 0 Å². The van der Waals surface area contributed by atoms with E-state index in [9.17, 15) is 9.59 Å². The number of carbonyl (C=O) groups excluding carboxylic acids is 2. The largest absolute Gasteiger partial charge is 0.337 e. The third-order valence-electron chi connectivity index (χ3n) is 5.76. The molecule has 3 aromatic rings. The number of benzene rings is 1. The Balaban J connectivity index is 1.46. The molecule has 0 aliphatic carbocycles. The van der Waals surface area contributed by atoms with Crippen molar-refractivity contribution in [3.63, 3.8) is 0 Å². The first-order chi connectivity index (χ1) is 15.1. The van der Waals surface area contributed by atoms with E-state index in [1.165, 1.54) is 26.7 Å². The molecule has 162 valence electrons. The summed E-state index contributed by atoms with van der Waals surface area (Å²) in [6, 6.07) is 18.3. The van der Waals surface area contributed by atoms with Crippen LogP contribution in [0.2, 0.25) is 0 Å². The van der Waals surface area contributed by atoms with Gasteiger partial charge in [-0.25, -0.2) is 0 Å². The second-order valence-electron chi connectivity index (χ2n) is 8.08. The standard InChI is InChI=1S/C25H28N2O2S2/c1-19-11-12-22(31-19)18-27(15-13-20-7-3-2-4-8-20)24(28)21-9-5-14-26(17-21)25(29)23-10-6-16-30-23/h2-4,6-8,10-12,16,21H,5,9,13-15,17-18H2,1H3. The molecule has 0 bridgehead atoms. The number of carbonyl (C=O) groups is 2. The quantitative estimate of drug-likeness (QED) is 0.492. The molecule has 4 nitrogen and oxygen atoms in total. The smallest absolute Gasteiger partial charge is 0.263 e. The van der Waals surface area contributed by atoms with Gasteiger partial charge in [0, 0.05) is 29.4 Å². The predicted octanol–water partition coefficient (Wildman–Crippen LogP) is 5.24. The van der Waals surface area contributed by atoms with E-state index in [4.69, 9.17) is 0 Å². The number of aryl methyl sites for hydroxylation is 1. The third-order valence-corrected chi connectivity index (χ3v) is 7.60. The first-order valence-corrected chi connectivity index (χ1v) is 12.5. The highest BCUT2D eigenvalue weighted by molar-refractivity contribution is 7.12. The van der Waals surface area contributed by atoms with Crippen molar-refractivity contribution < 1.29 is 9.59 Å². The van der Waals surface area contributed by atoms with E-state index in [2.05, 4.69) is 31.2 Å². The maximum absolute atomic E-state index is 13.6. The number of likely N-dealkylation sites (tertiary alicyclic amines) is 1. The highest BCUT2D eigenvalue weighted by Crippen LogP contribution is 2.24. The summed E-state index contributed by atoms with van der Waals surface area (Å²) in [6.45, 7) is 4.67. The van der Waals surface area contributed by atoms with Crippen LogP contribution in [-0.4, -0.2) is 41.2 Å². The predicted molar refractivity (Wildman–Crippen MR) is 128 cm³/mol. The summed E-state index contributed by atoms with van der Waals surface area (Å²) in [4.78, 5) is 33.5. The lowest BCUT2D eigenvalue weighted by Crippen LogP contribution is -2.46. The van der Waals surface area contributed by atoms with Gasteiger partial charge in [0.15, 0.2) is 0 Å². The maximum atomic E-state index is 13.6. The van der Waals surface area contributed by atoms with Gasteiger partial charge in [-0.1, -0.05) is 36.4 Å². The molecular weight excluding hydrogens is 424 g/mol. The molecule has 31 heavy (non-hydrogen) atoms. The zero-order valence-electron chi connectivity index (χ0n) is 17.8. The van der Waals surface area contributed by atoms with Gasteiger partial charge in [-0.15, -0.1) is 22.7 Å². The highest BCUT2D eigenvalue weighted by Gasteiger charge is 2.32. The molecule has 0 spiro atoms. The normalized spacial score (nSPS) is 16.3.